The fourth-order valence-electron chi connectivity index (χ4n) is 2.20. The molecular weight excluding hydrogens is 298 g/mol. The Morgan fingerprint density at radius 3 is 2.45 bits per heavy atom. The van der Waals surface area contributed by atoms with Crippen LogP contribution in [0, 0.1) is 0 Å². The number of aromatic nitrogens is 2. The third-order valence-corrected chi connectivity index (χ3v) is 3.23. The number of anilines is 1. The van der Waals surface area contributed by atoms with Crippen LogP contribution in [-0.2, 0) is 4.74 Å². The van der Waals surface area contributed by atoms with E-state index in [0.29, 0.717) is 13.2 Å². The molecule has 0 spiro atoms. The van der Waals surface area contributed by atoms with Gasteiger partial charge in [0.05, 0.1) is 12.1 Å². The second-order valence-electron chi connectivity index (χ2n) is 4.70. The molecule has 0 saturated heterocycles. The Bertz CT molecular complexity index is 734. The van der Waals surface area contributed by atoms with Crippen LogP contribution in [0.2, 0.25) is 0 Å². The summed E-state index contributed by atoms with van der Waals surface area (Å²) in [5, 5.41) is 4.34. The summed E-state index contributed by atoms with van der Waals surface area (Å²) in [4.78, 5) is 9.32. The van der Waals surface area contributed by atoms with Crippen molar-refractivity contribution in [2.45, 2.75) is 0 Å². The summed E-state index contributed by atoms with van der Waals surface area (Å²) in [6.07, 6.45) is 0. The van der Waals surface area contributed by atoms with Gasteiger partial charge in [0.15, 0.2) is 5.82 Å². The van der Waals surface area contributed by atoms with Gasteiger partial charge in [-0.1, -0.05) is 42.5 Å². The molecule has 3 aromatic rings. The van der Waals surface area contributed by atoms with E-state index in [4.69, 9.17) is 4.74 Å². The lowest BCUT2D eigenvalue weighted by atomic mass is 10.2. The van der Waals surface area contributed by atoms with Crippen LogP contribution in [0.15, 0.2) is 54.6 Å². The molecule has 0 unspecified atom stereocenters. The van der Waals surface area contributed by atoms with Gasteiger partial charge in [0.25, 0.3) is 0 Å². The van der Waals surface area contributed by atoms with Gasteiger partial charge in [-0.25, -0.2) is 9.97 Å². The van der Waals surface area contributed by atoms with Crippen molar-refractivity contribution >= 4 is 29.1 Å². The zero-order valence-electron chi connectivity index (χ0n) is 12.3. The van der Waals surface area contributed by atoms with Crippen molar-refractivity contribution < 1.29 is 4.74 Å². The molecule has 0 aliphatic rings. The first-order chi connectivity index (χ1) is 10.4. The van der Waals surface area contributed by atoms with Crippen LogP contribution in [0.1, 0.15) is 0 Å². The molecule has 5 heteroatoms. The molecule has 0 bridgehead atoms. The highest BCUT2D eigenvalue weighted by atomic mass is 35.5. The van der Waals surface area contributed by atoms with Crippen molar-refractivity contribution in [1.29, 1.82) is 0 Å². The van der Waals surface area contributed by atoms with Crippen LogP contribution in [0.25, 0.3) is 22.3 Å². The van der Waals surface area contributed by atoms with Gasteiger partial charge in [0, 0.05) is 24.6 Å². The topological polar surface area (TPSA) is 47.0 Å². The molecule has 0 saturated carbocycles. The van der Waals surface area contributed by atoms with Gasteiger partial charge >= 0.3 is 0 Å². The smallest absolute Gasteiger partial charge is 0.162 e. The number of hydrogen-bond acceptors (Lipinski definition) is 4. The summed E-state index contributed by atoms with van der Waals surface area (Å²) in [7, 11) is 1.69. The first kappa shape index (κ1) is 16.2. The number of fused-ring (bicyclic) bond motifs is 1. The molecule has 114 valence electrons. The predicted octanol–water partition coefficient (Wildman–Crippen LogP) is 3.78. The third kappa shape index (κ3) is 3.53. The highest BCUT2D eigenvalue weighted by molar-refractivity contribution is 5.90. The maximum atomic E-state index is 5.08. The Morgan fingerprint density at radius 1 is 0.955 bits per heavy atom. The van der Waals surface area contributed by atoms with Crippen LogP contribution in [-0.4, -0.2) is 30.2 Å². The van der Waals surface area contributed by atoms with E-state index >= 15 is 0 Å². The number of hydrogen-bond donors (Lipinski definition) is 1. The van der Waals surface area contributed by atoms with Gasteiger partial charge in [0.1, 0.15) is 5.82 Å². The van der Waals surface area contributed by atoms with Crippen molar-refractivity contribution in [3.63, 3.8) is 0 Å². The molecule has 0 atom stereocenters. The van der Waals surface area contributed by atoms with E-state index in [1.54, 1.807) is 7.11 Å². The average molecular weight is 316 g/mol. The number of nitrogens with zero attached hydrogens (tertiary/aromatic N) is 2. The molecule has 0 radical (unpaired) electrons. The molecule has 22 heavy (non-hydrogen) atoms. The summed E-state index contributed by atoms with van der Waals surface area (Å²) in [6.45, 7) is 1.35. The normalized spacial score (nSPS) is 10.2. The molecule has 1 heterocycles. The van der Waals surface area contributed by atoms with Crippen molar-refractivity contribution in [3.8, 4) is 11.4 Å². The van der Waals surface area contributed by atoms with Crippen molar-refractivity contribution in [2.75, 3.05) is 25.6 Å². The fraction of sp³-hybridized carbons (Fsp3) is 0.176. The maximum absolute atomic E-state index is 5.08. The van der Waals surface area contributed by atoms with E-state index in [9.17, 15) is 0 Å². The number of nitrogens with one attached hydrogen (secondary N) is 1. The molecular formula is C17H18ClN3O. The van der Waals surface area contributed by atoms with Crippen LogP contribution >= 0.6 is 12.4 Å². The quantitative estimate of drug-likeness (QED) is 0.728. The Kier molecular flexibility index (Phi) is 5.69. The molecule has 0 fully saturated rings. The Morgan fingerprint density at radius 2 is 1.68 bits per heavy atom. The molecule has 2 aromatic carbocycles. The molecule has 3 rings (SSSR count). The van der Waals surface area contributed by atoms with E-state index in [1.165, 1.54) is 0 Å². The number of halogens is 1. The molecule has 1 N–H and O–H groups in total. The Labute approximate surface area is 136 Å². The van der Waals surface area contributed by atoms with E-state index in [-0.39, 0.29) is 12.4 Å². The van der Waals surface area contributed by atoms with Gasteiger partial charge in [-0.3, -0.25) is 0 Å². The lowest BCUT2D eigenvalue weighted by molar-refractivity contribution is 0.210. The standard InChI is InChI=1S/C17H17N3O.ClH/c1-21-12-11-18-17-14-9-5-6-10-15(14)19-16(20-17)13-7-3-2-4-8-13;/h2-10H,11-12H2,1H3,(H,18,19,20);1H. The van der Waals surface area contributed by atoms with E-state index in [1.807, 2.05) is 54.6 Å². The maximum Gasteiger partial charge on any atom is 0.162 e. The highest BCUT2D eigenvalue weighted by Crippen LogP contribution is 2.24. The zero-order valence-corrected chi connectivity index (χ0v) is 13.1. The van der Waals surface area contributed by atoms with Gasteiger partial charge in [-0.15, -0.1) is 12.4 Å². The summed E-state index contributed by atoms with van der Waals surface area (Å²) >= 11 is 0. The first-order valence-corrected chi connectivity index (χ1v) is 6.93. The van der Waals surface area contributed by atoms with Crippen LogP contribution in [0.5, 0.6) is 0 Å². The summed E-state index contributed by atoms with van der Waals surface area (Å²) < 4.78 is 5.08. The van der Waals surface area contributed by atoms with Crippen molar-refractivity contribution in [3.05, 3.63) is 54.6 Å². The van der Waals surface area contributed by atoms with Crippen molar-refractivity contribution in [2.24, 2.45) is 0 Å². The molecule has 0 aliphatic carbocycles. The third-order valence-electron chi connectivity index (χ3n) is 3.23. The second-order valence-corrected chi connectivity index (χ2v) is 4.70. The Hall–Kier alpha value is -2.17. The fourth-order valence-corrected chi connectivity index (χ4v) is 2.20. The molecule has 1 aromatic heterocycles. The largest absolute Gasteiger partial charge is 0.383 e. The second kappa shape index (κ2) is 7.73. The van der Waals surface area contributed by atoms with Crippen LogP contribution < -0.4 is 5.32 Å². The van der Waals surface area contributed by atoms with Crippen LogP contribution in [0.3, 0.4) is 0 Å². The number of benzene rings is 2. The van der Waals surface area contributed by atoms with Gasteiger partial charge in [0.2, 0.25) is 0 Å². The summed E-state index contributed by atoms with van der Waals surface area (Å²) in [5.41, 5.74) is 1.95. The summed E-state index contributed by atoms with van der Waals surface area (Å²) in [5.74, 6) is 1.57. The first-order valence-electron chi connectivity index (χ1n) is 6.93. The molecule has 0 amide bonds. The number of methoxy groups -OCH3 is 1. The summed E-state index contributed by atoms with van der Waals surface area (Å²) in [6, 6.07) is 18.0. The van der Waals surface area contributed by atoms with E-state index in [2.05, 4.69) is 15.3 Å². The Balaban J connectivity index is 0.00000176. The van der Waals surface area contributed by atoms with E-state index in [0.717, 1.165) is 28.1 Å². The molecule has 0 aliphatic heterocycles. The van der Waals surface area contributed by atoms with Crippen LogP contribution in [0.4, 0.5) is 5.82 Å². The average Bonchev–Trinajstić information content (AvgIpc) is 2.55. The number of para-hydroxylation sites is 1. The minimum Gasteiger partial charge on any atom is -0.383 e. The molecule has 4 nitrogen and oxygen atoms in total. The minimum atomic E-state index is 0. The highest BCUT2D eigenvalue weighted by Gasteiger charge is 2.08. The predicted molar refractivity (Wildman–Crippen MR) is 92.6 cm³/mol. The van der Waals surface area contributed by atoms with Crippen molar-refractivity contribution in [1.82, 2.24) is 9.97 Å². The minimum absolute atomic E-state index is 0. The monoisotopic (exact) mass is 315 g/mol. The van der Waals surface area contributed by atoms with Gasteiger partial charge in [-0.2, -0.15) is 0 Å². The lowest BCUT2D eigenvalue weighted by Gasteiger charge is -2.10. The number of ether oxygens (including phenoxy) is 1. The SMILES string of the molecule is COCCNc1nc(-c2ccccc2)nc2ccccc12.Cl. The van der Waals surface area contributed by atoms with Gasteiger partial charge < -0.3 is 10.1 Å². The van der Waals surface area contributed by atoms with Gasteiger partial charge in [-0.05, 0) is 12.1 Å². The van der Waals surface area contributed by atoms with E-state index < -0.39 is 0 Å². The zero-order chi connectivity index (χ0) is 14.5. The number of rotatable bonds is 5. The lowest BCUT2D eigenvalue weighted by Crippen LogP contribution is -2.10.